The highest BCUT2D eigenvalue weighted by Gasteiger charge is 2.35. The first kappa shape index (κ1) is 15.3. The standard InChI is InChI=1S/C15H19NO5/c1-16(9-10-20-11-5-3-2-4-6-11)14(17)12-7-8-13(21-12)15(18)19/h2-6,12-13H,7-10H2,1H3,(H,18,19). The van der Waals surface area contributed by atoms with Gasteiger partial charge in [0, 0.05) is 7.05 Å². The van der Waals surface area contributed by atoms with Crippen LogP contribution in [0.25, 0.3) is 0 Å². The summed E-state index contributed by atoms with van der Waals surface area (Å²) < 4.78 is 10.8. The lowest BCUT2D eigenvalue weighted by Crippen LogP contribution is -2.39. The van der Waals surface area contributed by atoms with Gasteiger partial charge >= 0.3 is 5.97 Å². The van der Waals surface area contributed by atoms with Crippen LogP contribution in [-0.4, -0.2) is 54.3 Å². The Bertz CT molecular complexity index is 490. The monoisotopic (exact) mass is 293 g/mol. The second-order valence-corrected chi connectivity index (χ2v) is 4.95. The van der Waals surface area contributed by atoms with Crippen LogP contribution in [0.5, 0.6) is 5.75 Å². The van der Waals surface area contributed by atoms with Gasteiger partial charge < -0.3 is 19.5 Å². The molecule has 2 unspecified atom stereocenters. The number of ether oxygens (including phenoxy) is 2. The van der Waals surface area contributed by atoms with E-state index in [-0.39, 0.29) is 5.91 Å². The molecule has 114 valence electrons. The highest BCUT2D eigenvalue weighted by molar-refractivity contribution is 5.82. The second kappa shape index (κ2) is 7.08. The molecule has 1 aliphatic rings. The molecule has 0 aliphatic carbocycles. The molecule has 1 amide bonds. The van der Waals surface area contributed by atoms with E-state index in [4.69, 9.17) is 14.6 Å². The van der Waals surface area contributed by atoms with Crippen LogP contribution in [0.1, 0.15) is 12.8 Å². The molecule has 21 heavy (non-hydrogen) atoms. The van der Waals surface area contributed by atoms with Gasteiger partial charge in [0.25, 0.3) is 5.91 Å². The van der Waals surface area contributed by atoms with Crippen LogP contribution in [-0.2, 0) is 14.3 Å². The Kier molecular flexibility index (Phi) is 5.16. The number of aliphatic carboxylic acids is 1. The van der Waals surface area contributed by atoms with Gasteiger partial charge in [0.2, 0.25) is 0 Å². The molecule has 0 radical (unpaired) electrons. The molecule has 1 fully saturated rings. The summed E-state index contributed by atoms with van der Waals surface area (Å²) in [4.78, 5) is 24.4. The minimum atomic E-state index is -1.01. The third kappa shape index (κ3) is 4.19. The van der Waals surface area contributed by atoms with Gasteiger partial charge in [0.05, 0.1) is 6.54 Å². The smallest absolute Gasteiger partial charge is 0.332 e. The van der Waals surface area contributed by atoms with Crippen molar-refractivity contribution in [2.45, 2.75) is 25.0 Å². The van der Waals surface area contributed by atoms with E-state index in [1.165, 1.54) is 4.90 Å². The van der Waals surface area contributed by atoms with Crippen LogP contribution < -0.4 is 4.74 Å². The average molecular weight is 293 g/mol. The van der Waals surface area contributed by atoms with E-state index in [9.17, 15) is 9.59 Å². The maximum Gasteiger partial charge on any atom is 0.332 e. The number of rotatable bonds is 6. The summed E-state index contributed by atoms with van der Waals surface area (Å²) in [6.45, 7) is 0.798. The number of hydrogen-bond acceptors (Lipinski definition) is 4. The first-order chi connectivity index (χ1) is 10.1. The Hall–Kier alpha value is -2.08. The molecule has 1 N–H and O–H groups in total. The molecule has 0 bridgehead atoms. The molecule has 2 atom stereocenters. The van der Waals surface area contributed by atoms with Crippen molar-refractivity contribution >= 4 is 11.9 Å². The van der Waals surface area contributed by atoms with Crippen molar-refractivity contribution in [3.05, 3.63) is 30.3 Å². The van der Waals surface area contributed by atoms with Crippen LogP contribution >= 0.6 is 0 Å². The SMILES string of the molecule is CN(CCOc1ccccc1)C(=O)C1CCC(C(=O)O)O1. The van der Waals surface area contributed by atoms with E-state index in [1.807, 2.05) is 30.3 Å². The van der Waals surface area contributed by atoms with Gasteiger partial charge in [-0.05, 0) is 25.0 Å². The summed E-state index contributed by atoms with van der Waals surface area (Å²) in [6, 6.07) is 9.35. The number of carboxylic acids is 1. The fraction of sp³-hybridized carbons (Fsp3) is 0.467. The quantitative estimate of drug-likeness (QED) is 0.851. The van der Waals surface area contributed by atoms with Gasteiger partial charge in [0.1, 0.15) is 18.5 Å². The first-order valence-electron chi connectivity index (χ1n) is 6.89. The average Bonchev–Trinajstić information content (AvgIpc) is 2.97. The summed E-state index contributed by atoms with van der Waals surface area (Å²) in [7, 11) is 1.66. The number of carboxylic acid groups (broad SMARTS) is 1. The molecule has 1 heterocycles. The summed E-state index contributed by atoms with van der Waals surface area (Å²) in [5.74, 6) is -0.461. The fourth-order valence-electron chi connectivity index (χ4n) is 2.17. The van der Waals surface area contributed by atoms with Gasteiger partial charge in [-0.1, -0.05) is 18.2 Å². The number of amides is 1. The number of nitrogens with zero attached hydrogens (tertiary/aromatic N) is 1. The minimum absolute atomic E-state index is 0.199. The van der Waals surface area contributed by atoms with Gasteiger partial charge in [-0.3, -0.25) is 4.79 Å². The van der Waals surface area contributed by atoms with Crippen molar-refractivity contribution < 1.29 is 24.2 Å². The normalized spacial score (nSPS) is 21.0. The van der Waals surface area contributed by atoms with E-state index in [0.29, 0.717) is 26.0 Å². The summed E-state index contributed by atoms with van der Waals surface area (Å²) >= 11 is 0. The zero-order chi connectivity index (χ0) is 15.2. The Morgan fingerprint density at radius 1 is 1.29 bits per heavy atom. The van der Waals surface area contributed by atoms with Crippen LogP contribution in [0, 0.1) is 0 Å². The van der Waals surface area contributed by atoms with E-state index in [2.05, 4.69) is 0 Å². The molecule has 6 nitrogen and oxygen atoms in total. The number of hydrogen-bond donors (Lipinski definition) is 1. The second-order valence-electron chi connectivity index (χ2n) is 4.95. The Morgan fingerprint density at radius 2 is 1.95 bits per heavy atom. The number of para-hydroxylation sites is 1. The van der Waals surface area contributed by atoms with Gasteiger partial charge in [-0.15, -0.1) is 0 Å². The predicted molar refractivity (Wildman–Crippen MR) is 75.1 cm³/mol. The van der Waals surface area contributed by atoms with Crippen molar-refractivity contribution in [1.29, 1.82) is 0 Å². The predicted octanol–water partition coefficient (Wildman–Crippen LogP) is 1.16. The van der Waals surface area contributed by atoms with Crippen molar-refractivity contribution in [3.8, 4) is 5.75 Å². The molecule has 1 aromatic carbocycles. The van der Waals surface area contributed by atoms with Gasteiger partial charge in [-0.25, -0.2) is 4.79 Å². The topological polar surface area (TPSA) is 76.1 Å². The van der Waals surface area contributed by atoms with Crippen molar-refractivity contribution in [1.82, 2.24) is 4.90 Å². The van der Waals surface area contributed by atoms with E-state index >= 15 is 0 Å². The first-order valence-corrected chi connectivity index (χ1v) is 6.89. The number of carbonyl (C=O) groups excluding carboxylic acids is 1. The van der Waals surface area contributed by atoms with Crippen molar-refractivity contribution in [2.75, 3.05) is 20.2 Å². The van der Waals surface area contributed by atoms with Crippen LogP contribution in [0.3, 0.4) is 0 Å². The molecule has 0 spiro atoms. The zero-order valence-corrected chi connectivity index (χ0v) is 11.9. The number of benzene rings is 1. The summed E-state index contributed by atoms with van der Waals surface area (Å²) in [5, 5.41) is 8.85. The molecule has 1 aromatic rings. The van der Waals surface area contributed by atoms with Crippen LogP contribution in [0.4, 0.5) is 0 Å². The highest BCUT2D eigenvalue weighted by atomic mass is 16.5. The molecular weight excluding hydrogens is 274 g/mol. The Labute approximate surface area is 123 Å². The fourth-order valence-corrected chi connectivity index (χ4v) is 2.17. The van der Waals surface area contributed by atoms with Gasteiger partial charge in [-0.2, -0.15) is 0 Å². The molecule has 2 rings (SSSR count). The molecule has 0 aromatic heterocycles. The van der Waals surface area contributed by atoms with E-state index in [0.717, 1.165) is 5.75 Å². The van der Waals surface area contributed by atoms with Crippen molar-refractivity contribution in [2.24, 2.45) is 0 Å². The van der Waals surface area contributed by atoms with E-state index in [1.54, 1.807) is 7.05 Å². The molecular formula is C15H19NO5. The molecule has 6 heteroatoms. The minimum Gasteiger partial charge on any atom is -0.492 e. The highest BCUT2D eigenvalue weighted by Crippen LogP contribution is 2.21. The summed E-state index contributed by atoms with van der Waals surface area (Å²) in [6.07, 6.45) is -0.708. The third-order valence-corrected chi connectivity index (χ3v) is 3.39. The third-order valence-electron chi connectivity index (χ3n) is 3.39. The maximum absolute atomic E-state index is 12.1. The Morgan fingerprint density at radius 3 is 2.57 bits per heavy atom. The largest absolute Gasteiger partial charge is 0.492 e. The van der Waals surface area contributed by atoms with Gasteiger partial charge in [0.15, 0.2) is 6.10 Å². The number of likely N-dealkylation sites (N-methyl/N-ethyl adjacent to an activating group) is 1. The van der Waals surface area contributed by atoms with Crippen LogP contribution in [0.2, 0.25) is 0 Å². The lowest BCUT2D eigenvalue weighted by atomic mass is 10.2. The molecule has 1 aliphatic heterocycles. The summed E-state index contributed by atoms with van der Waals surface area (Å²) in [5.41, 5.74) is 0. The molecule has 1 saturated heterocycles. The molecule has 0 saturated carbocycles. The lowest BCUT2D eigenvalue weighted by molar-refractivity contribution is -0.154. The lowest BCUT2D eigenvalue weighted by Gasteiger charge is -2.21. The van der Waals surface area contributed by atoms with Crippen molar-refractivity contribution in [3.63, 3.8) is 0 Å². The Balaban J connectivity index is 1.74. The van der Waals surface area contributed by atoms with Crippen LogP contribution in [0.15, 0.2) is 30.3 Å². The number of carbonyl (C=O) groups is 2. The van der Waals surface area contributed by atoms with E-state index < -0.39 is 18.2 Å². The maximum atomic E-state index is 12.1. The zero-order valence-electron chi connectivity index (χ0n) is 11.9.